The highest BCUT2D eigenvalue weighted by Gasteiger charge is 2.37. The van der Waals surface area contributed by atoms with Crippen LogP contribution in [0.3, 0.4) is 0 Å². The second-order valence-corrected chi connectivity index (χ2v) is 6.08. The molecule has 18 heavy (non-hydrogen) atoms. The zero-order valence-electron chi connectivity index (χ0n) is 10.9. The Morgan fingerprint density at radius 2 is 2.39 bits per heavy atom. The molecule has 1 aliphatic rings. The quantitative estimate of drug-likeness (QED) is 0.921. The summed E-state index contributed by atoms with van der Waals surface area (Å²) in [6, 6.07) is 4.19. The van der Waals surface area contributed by atoms with Crippen molar-refractivity contribution >= 4 is 29.7 Å². The van der Waals surface area contributed by atoms with Gasteiger partial charge in [0.05, 0.1) is 5.41 Å². The molecule has 0 aromatic carbocycles. The van der Waals surface area contributed by atoms with Crippen LogP contribution in [0.5, 0.6) is 0 Å². The summed E-state index contributed by atoms with van der Waals surface area (Å²) >= 11 is 1.76. The molecule has 0 spiro atoms. The SMILES string of the molecule is CN(CCc1cccs1)C(=O)C1(C)CCNC1.Cl. The van der Waals surface area contributed by atoms with Crippen LogP contribution in [0.25, 0.3) is 0 Å². The Hall–Kier alpha value is -0.580. The number of hydrogen-bond acceptors (Lipinski definition) is 3. The van der Waals surface area contributed by atoms with Crippen LogP contribution >= 0.6 is 23.7 Å². The third kappa shape index (κ3) is 3.46. The maximum atomic E-state index is 12.3. The van der Waals surface area contributed by atoms with E-state index >= 15 is 0 Å². The number of thiophene rings is 1. The van der Waals surface area contributed by atoms with E-state index in [0.29, 0.717) is 0 Å². The lowest BCUT2D eigenvalue weighted by atomic mass is 9.88. The van der Waals surface area contributed by atoms with E-state index in [4.69, 9.17) is 0 Å². The van der Waals surface area contributed by atoms with E-state index in [1.807, 2.05) is 11.9 Å². The normalized spacial score (nSPS) is 22.6. The van der Waals surface area contributed by atoms with E-state index in [1.54, 1.807) is 11.3 Å². The summed E-state index contributed by atoms with van der Waals surface area (Å²) in [7, 11) is 1.92. The number of amides is 1. The smallest absolute Gasteiger partial charge is 0.229 e. The van der Waals surface area contributed by atoms with Gasteiger partial charge in [-0.2, -0.15) is 0 Å². The minimum atomic E-state index is -0.190. The summed E-state index contributed by atoms with van der Waals surface area (Å²) in [6.45, 7) is 4.65. The van der Waals surface area contributed by atoms with Crippen LogP contribution in [0.4, 0.5) is 0 Å². The van der Waals surface area contributed by atoms with Crippen molar-refractivity contribution in [1.82, 2.24) is 10.2 Å². The van der Waals surface area contributed by atoms with Crippen molar-refractivity contribution in [2.45, 2.75) is 19.8 Å². The number of halogens is 1. The maximum Gasteiger partial charge on any atom is 0.229 e. The number of carbonyl (C=O) groups excluding carboxylic acids is 1. The summed E-state index contributed by atoms with van der Waals surface area (Å²) in [5.74, 6) is 0.277. The standard InChI is InChI=1S/C13H20N2OS.ClH/c1-13(6-7-14-10-13)12(16)15(2)8-5-11-4-3-9-17-11;/h3-4,9,14H,5-8,10H2,1-2H3;1H. The Labute approximate surface area is 119 Å². The highest BCUT2D eigenvalue weighted by Crippen LogP contribution is 2.26. The molecule has 0 radical (unpaired) electrons. The van der Waals surface area contributed by atoms with Crippen molar-refractivity contribution in [3.05, 3.63) is 22.4 Å². The lowest BCUT2D eigenvalue weighted by Gasteiger charge is -2.28. The summed E-state index contributed by atoms with van der Waals surface area (Å²) in [6.07, 6.45) is 1.92. The minimum Gasteiger partial charge on any atom is -0.345 e. The van der Waals surface area contributed by atoms with Crippen LogP contribution in [0, 0.1) is 5.41 Å². The molecular formula is C13H21ClN2OS. The predicted molar refractivity (Wildman–Crippen MR) is 78.5 cm³/mol. The van der Waals surface area contributed by atoms with Crippen LogP contribution in [0.1, 0.15) is 18.2 Å². The molecule has 1 aliphatic heterocycles. The molecule has 1 N–H and O–H groups in total. The van der Waals surface area contributed by atoms with Crippen molar-refractivity contribution in [1.29, 1.82) is 0 Å². The molecular weight excluding hydrogens is 268 g/mol. The Kier molecular flexibility index (Phi) is 5.63. The molecule has 1 aromatic rings. The zero-order valence-corrected chi connectivity index (χ0v) is 12.6. The monoisotopic (exact) mass is 288 g/mol. The molecule has 1 unspecified atom stereocenters. The Morgan fingerprint density at radius 3 is 2.94 bits per heavy atom. The summed E-state index contributed by atoms with van der Waals surface area (Å²) in [5, 5.41) is 5.36. The molecule has 2 rings (SSSR count). The topological polar surface area (TPSA) is 32.3 Å². The van der Waals surface area contributed by atoms with Gasteiger partial charge in [-0.05, 0) is 37.8 Å². The average molecular weight is 289 g/mol. The van der Waals surface area contributed by atoms with E-state index in [-0.39, 0.29) is 23.7 Å². The highest BCUT2D eigenvalue weighted by molar-refractivity contribution is 7.09. The number of nitrogens with one attached hydrogen (secondary N) is 1. The fourth-order valence-electron chi connectivity index (χ4n) is 2.29. The molecule has 1 atom stereocenters. The molecule has 0 aliphatic carbocycles. The van der Waals surface area contributed by atoms with Gasteiger partial charge in [0, 0.05) is 25.0 Å². The average Bonchev–Trinajstić information content (AvgIpc) is 2.96. The molecule has 1 saturated heterocycles. The molecule has 1 amide bonds. The first kappa shape index (κ1) is 15.5. The lowest BCUT2D eigenvalue weighted by Crippen LogP contribution is -2.42. The van der Waals surface area contributed by atoms with Crippen LogP contribution < -0.4 is 5.32 Å². The van der Waals surface area contributed by atoms with Crippen LogP contribution in [-0.2, 0) is 11.2 Å². The van der Waals surface area contributed by atoms with Crippen molar-refractivity contribution < 1.29 is 4.79 Å². The van der Waals surface area contributed by atoms with Gasteiger partial charge in [-0.15, -0.1) is 23.7 Å². The second kappa shape index (κ2) is 6.55. The van der Waals surface area contributed by atoms with Crippen molar-refractivity contribution in [3.8, 4) is 0 Å². The van der Waals surface area contributed by atoms with Crippen molar-refractivity contribution in [2.24, 2.45) is 5.41 Å². The van der Waals surface area contributed by atoms with Gasteiger partial charge in [-0.25, -0.2) is 0 Å². The van der Waals surface area contributed by atoms with Crippen LogP contribution in [0.2, 0.25) is 0 Å². The second-order valence-electron chi connectivity index (χ2n) is 5.04. The van der Waals surface area contributed by atoms with E-state index in [2.05, 4.69) is 29.8 Å². The maximum absolute atomic E-state index is 12.3. The fourth-order valence-corrected chi connectivity index (χ4v) is 2.99. The summed E-state index contributed by atoms with van der Waals surface area (Å²) < 4.78 is 0. The molecule has 1 fully saturated rings. The number of nitrogens with zero attached hydrogens (tertiary/aromatic N) is 1. The molecule has 2 heterocycles. The minimum absolute atomic E-state index is 0. The van der Waals surface area contributed by atoms with Crippen molar-refractivity contribution in [3.63, 3.8) is 0 Å². The molecule has 0 saturated carbocycles. The first-order valence-electron chi connectivity index (χ1n) is 6.10. The number of rotatable bonds is 4. The van der Waals surface area contributed by atoms with Gasteiger partial charge in [0.25, 0.3) is 0 Å². The van der Waals surface area contributed by atoms with Crippen LogP contribution in [-0.4, -0.2) is 37.5 Å². The van der Waals surface area contributed by atoms with Gasteiger partial charge in [-0.1, -0.05) is 6.07 Å². The largest absolute Gasteiger partial charge is 0.345 e. The van der Waals surface area contributed by atoms with E-state index in [9.17, 15) is 4.79 Å². The third-order valence-corrected chi connectivity index (χ3v) is 4.44. The predicted octanol–water partition coefficient (Wildman–Crippen LogP) is 2.17. The van der Waals surface area contributed by atoms with Crippen LogP contribution in [0.15, 0.2) is 17.5 Å². The van der Waals surface area contributed by atoms with Gasteiger partial charge >= 0.3 is 0 Å². The fraction of sp³-hybridized carbons (Fsp3) is 0.615. The van der Waals surface area contributed by atoms with Gasteiger partial charge in [-0.3, -0.25) is 4.79 Å². The van der Waals surface area contributed by atoms with Gasteiger partial charge in [0.2, 0.25) is 5.91 Å². The molecule has 0 bridgehead atoms. The molecule has 102 valence electrons. The third-order valence-electron chi connectivity index (χ3n) is 3.51. The number of likely N-dealkylation sites (N-methyl/N-ethyl adjacent to an activating group) is 1. The summed E-state index contributed by atoms with van der Waals surface area (Å²) in [4.78, 5) is 15.5. The summed E-state index contributed by atoms with van der Waals surface area (Å²) in [5.41, 5.74) is -0.190. The van der Waals surface area contributed by atoms with E-state index < -0.39 is 0 Å². The first-order valence-corrected chi connectivity index (χ1v) is 6.98. The first-order chi connectivity index (χ1) is 8.12. The Morgan fingerprint density at radius 1 is 1.61 bits per heavy atom. The Bertz CT molecular complexity index is 374. The molecule has 5 heteroatoms. The van der Waals surface area contributed by atoms with Gasteiger partial charge in [0.15, 0.2) is 0 Å². The molecule has 1 aromatic heterocycles. The van der Waals surface area contributed by atoms with Gasteiger partial charge in [0.1, 0.15) is 0 Å². The van der Waals surface area contributed by atoms with Crippen molar-refractivity contribution in [2.75, 3.05) is 26.7 Å². The van der Waals surface area contributed by atoms with Gasteiger partial charge < -0.3 is 10.2 Å². The lowest BCUT2D eigenvalue weighted by molar-refractivity contribution is -0.138. The number of carbonyl (C=O) groups is 1. The zero-order chi connectivity index (χ0) is 12.3. The highest BCUT2D eigenvalue weighted by atomic mass is 35.5. The number of hydrogen-bond donors (Lipinski definition) is 1. The van der Waals surface area contributed by atoms with E-state index in [0.717, 1.165) is 32.5 Å². The van der Waals surface area contributed by atoms with E-state index in [1.165, 1.54) is 4.88 Å². The molecule has 3 nitrogen and oxygen atoms in total. The Balaban J connectivity index is 0.00000162.